The van der Waals surface area contributed by atoms with Crippen molar-refractivity contribution in [1.29, 1.82) is 0 Å². The molecule has 0 radical (unpaired) electrons. The van der Waals surface area contributed by atoms with E-state index in [4.69, 9.17) is 4.74 Å². The van der Waals surface area contributed by atoms with Crippen molar-refractivity contribution in [2.75, 3.05) is 18.2 Å². The summed E-state index contributed by atoms with van der Waals surface area (Å²) in [5, 5.41) is 12.3. The summed E-state index contributed by atoms with van der Waals surface area (Å²) in [7, 11) is 1.59. The molecule has 29 heavy (non-hydrogen) atoms. The summed E-state index contributed by atoms with van der Waals surface area (Å²) >= 11 is 1.15. The monoisotopic (exact) mass is 419 g/mol. The van der Waals surface area contributed by atoms with E-state index >= 15 is 0 Å². The molecule has 1 aromatic heterocycles. The molecule has 3 rings (SSSR count). The maximum Gasteiger partial charge on any atom is 0.234 e. The lowest BCUT2D eigenvalue weighted by Crippen LogP contribution is -2.15. The normalized spacial score (nSPS) is 10.8. The number of nitrogens with zero attached hydrogens (tertiary/aromatic N) is 2. The molecule has 0 fully saturated rings. The molecular weight excluding hydrogens is 400 g/mol. The average Bonchev–Trinajstić information content (AvgIpc) is 3.11. The number of halogens is 2. The molecule has 152 valence electrons. The number of thioether (sulfide) groups is 1. The average molecular weight is 419 g/mol. The first-order valence-electron chi connectivity index (χ1n) is 8.66. The van der Waals surface area contributed by atoms with Crippen LogP contribution in [-0.2, 0) is 17.9 Å². The second kappa shape index (κ2) is 9.53. The van der Waals surface area contributed by atoms with Crippen LogP contribution in [0.4, 0.5) is 14.5 Å². The standard InChI is InChI=1S/C20H19F2N3O3S/c1-28-16-5-2-13(3-6-16)9-25-10-15(11-26)23-20(25)29-12-19(27)24-18-7-4-14(21)8-17(18)22/h2-8,10,26H,9,11-12H2,1H3,(H,24,27). The van der Waals surface area contributed by atoms with Gasteiger partial charge in [0, 0.05) is 18.8 Å². The third kappa shape index (κ3) is 5.55. The van der Waals surface area contributed by atoms with Crippen LogP contribution >= 0.6 is 11.8 Å². The Kier molecular flexibility index (Phi) is 6.84. The number of rotatable bonds is 8. The third-order valence-electron chi connectivity index (χ3n) is 4.00. The number of amides is 1. The zero-order chi connectivity index (χ0) is 20.8. The Hall–Kier alpha value is -2.91. The third-order valence-corrected chi connectivity index (χ3v) is 4.99. The SMILES string of the molecule is COc1ccc(Cn2cc(CO)nc2SCC(=O)Nc2ccc(F)cc2F)cc1. The highest BCUT2D eigenvalue weighted by molar-refractivity contribution is 7.99. The second-order valence-electron chi connectivity index (χ2n) is 6.11. The zero-order valence-corrected chi connectivity index (χ0v) is 16.4. The van der Waals surface area contributed by atoms with Crippen LogP contribution in [0.3, 0.4) is 0 Å². The predicted octanol–water partition coefficient (Wildman–Crippen LogP) is 3.44. The molecule has 2 N–H and O–H groups in total. The number of nitrogens with one attached hydrogen (secondary N) is 1. The maximum absolute atomic E-state index is 13.7. The van der Waals surface area contributed by atoms with Gasteiger partial charge in [0.25, 0.3) is 0 Å². The molecule has 0 saturated heterocycles. The molecule has 0 spiro atoms. The lowest BCUT2D eigenvalue weighted by Gasteiger charge is -2.09. The van der Waals surface area contributed by atoms with E-state index in [0.29, 0.717) is 23.5 Å². The van der Waals surface area contributed by atoms with Crippen molar-refractivity contribution < 1.29 is 23.4 Å². The number of carbonyl (C=O) groups excluding carboxylic acids is 1. The van der Waals surface area contributed by atoms with E-state index in [1.165, 1.54) is 6.07 Å². The number of methoxy groups -OCH3 is 1. The number of ether oxygens (including phenoxy) is 1. The van der Waals surface area contributed by atoms with Gasteiger partial charge in [0.15, 0.2) is 5.16 Å². The van der Waals surface area contributed by atoms with Gasteiger partial charge in [-0.1, -0.05) is 23.9 Å². The van der Waals surface area contributed by atoms with Crippen LogP contribution in [0.2, 0.25) is 0 Å². The van der Waals surface area contributed by atoms with Gasteiger partial charge in [0.05, 0.1) is 30.9 Å². The van der Waals surface area contributed by atoms with Crippen molar-refractivity contribution in [2.45, 2.75) is 18.3 Å². The summed E-state index contributed by atoms with van der Waals surface area (Å²) in [5.74, 6) is -1.29. The fourth-order valence-corrected chi connectivity index (χ4v) is 3.39. The van der Waals surface area contributed by atoms with E-state index in [1.54, 1.807) is 13.3 Å². The Morgan fingerprint density at radius 1 is 1.24 bits per heavy atom. The fourth-order valence-electron chi connectivity index (χ4n) is 2.59. The van der Waals surface area contributed by atoms with E-state index in [-0.39, 0.29) is 18.0 Å². The molecule has 3 aromatic rings. The molecule has 0 aliphatic rings. The van der Waals surface area contributed by atoms with Gasteiger partial charge < -0.3 is 19.7 Å². The van der Waals surface area contributed by atoms with Crippen molar-refractivity contribution in [1.82, 2.24) is 9.55 Å². The van der Waals surface area contributed by atoms with Crippen molar-refractivity contribution in [3.05, 3.63) is 71.6 Å². The van der Waals surface area contributed by atoms with Crippen LogP contribution in [0.15, 0.2) is 53.8 Å². The number of aromatic nitrogens is 2. The van der Waals surface area contributed by atoms with Crippen LogP contribution < -0.4 is 10.1 Å². The van der Waals surface area contributed by atoms with Gasteiger partial charge in [-0.2, -0.15) is 0 Å². The van der Waals surface area contributed by atoms with E-state index in [9.17, 15) is 18.7 Å². The number of carbonyl (C=O) groups is 1. The number of benzene rings is 2. The highest BCUT2D eigenvalue weighted by Crippen LogP contribution is 2.22. The Morgan fingerprint density at radius 3 is 2.66 bits per heavy atom. The van der Waals surface area contributed by atoms with E-state index in [2.05, 4.69) is 10.3 Å². The quantitative estimate of drug-likeness (QED) is 0.547. The van der Waals surface area contributed by atoms with Crippen molar-refractivity contribution in [2.24, 2.45) is 0 Å². The van der Waals surface area contributed by atoms with Crippen LogP contribution in [0, 0.1) is 11.6 Å². The maximum atomic E-state index is 13.7. The molecule has 0 saturated carbocycles. The van der Waals surface area contributed by atoms with E-state index in [0.717, 1.165) is 29.1 Å². The minimum atomic E-state index is -0.841. The number of hydrogen-bond acceptors (Lipinski definition) is 5. The van der Waals surface area contributed by atoms with E-state index in [1.807, 2.05) is 28.8 Å². The highest BCUT2D eigenvalue weighted by atomic mass is 32.2. The van der Waals surface area contributed by atoms with Gasteiger partial charge in [-0.05, 0) is 29.8 Å². The second-order valence-corrected chi connectivity index (χ2v) is 7.05. The summed E-state index contributed by atoms with van der Waals surface area (Å²) in [6.07, 6.45) is 1.71. The van der Waals surface area contributed by atoms with Crippen molar-refractivity contribution >= 4 is 23.4 Å². The van der Waals surface area contributed by atoms with E-state index < -0.39 is 17.5 Å². The molecule has 0 bridgehead atoms. The first-order chi connectivity index (χ1) is 14.0. The van der Waals surface area contributed by atoms with Crippen molar-refractivity contribution in [3.63, 3.8) is 0 Å². The van der Waals surface area contributed by atoms with Crippen LogP contribution in [0.5, 0.6) is 5.75 Å². The molecule has 2 aromatic carbocycles. The highest BCUT2D eigenvalue weighted by Gasteiger charge is 2.13. The number of aliphatic hydroxyl groups excluding tert-OH is 1. The van der Waals surface area contributed by atoms with Gasteiger partial charge in [0.1, 0.15) is 17.4 Å². The summed E-state index contributed by atoms with van der Waals surface area (Å²) in [6, 6.07) is 10.5. The summed E-state index contributed by atoms with van der Waals surface area (Å²) in [6.45, 7) is 0.268. The first kappa shape index (κ1) is 20.8. The summed E-state index contributed by atoms with van der Waals surface area (Å²) < 4.78 is 33.6. The van der Waals surface area contributed by atoms with Gasteiger partial charge in [0.2, 0.25) is 5.91 Å². The van der Waals surface area contributed by atoms with Crippen molar-refractivity contribution in [3.8, 4) is 5.75 Å². The van der Waals surface area contributed by atoms with Gasteiger partial charge in [-0.3, -0.25) is 4.79 Å². The predicted molar refractivity (Wildman–Crippen MR) is 106 cm³/mol. The number of anilines is 1. The minimum Gasteiger partial charge on any atom is -0.497 e. The molecule has 1 heterocycles. The van der Waals surface area contributed by atoms with Gasteiger partial charge in [-0.25, -0.2) is 13.8 Å². The summed E-state index contributed by atoms with van der Waals surface area (Å²) in [5.41, 5.74) is 1.38. The largest absolute Gasteiger partial charge is 0.497 e. The fraction of sp³-hybridized carbons (Fsp3) is 0.200. The van der Waals surface area contributed by atoms with Crippen LogP contribution in [0.1, 0.15) is 11.3 Å². The summed E-state index contributed by atoms with van der Waals surface area (Å²) in [4.78, 5) is 16.5. The molecule has 9 heteroatoms. The Morgan fingerprint density at radius 2 is 2.00 bits per heavy atom. The molecule has 0 unspecified atom stereocenters. The number of aliphatic hydroxyl groups is 1. The van der Waals surface area contributed by atoms with Crippen LogP contribution in [-0.4, -0.2) is 33.4 Å². The lowest BCUT2D eigenvalue weighted by molar-refractivity contribution is -0.113. The lowest BCUT2D eigenvalue weighted by atomic mass is 10.2. The molecule has 6 nitrogen and oxygen atoms in total. The molecule has 0 aliphatic heterocycles. The Balaban J connectivity index is 1.66. The topological polar surface area (TPSA) is 76.4 Å². The zero-order valence-electron chi connectivity index (χ0n) is 15.6. The number of imidazole rings is 1. The molecule has 1 amide bonds. The minimum absolute atomic E-state index is 0.0265. The Labute approximate surface area is 170 Å². The van der Waals surface area contributed by atoms with Gasteiger partial charge in [-0.15, -0.1) is 0 Å². The molecule has 0 aliphatic carbocycles. The van der Waals surface area contributed by atoms with Crippen LogP contribution in [0.25, 0.3) is 0 Å². The number of hydrogen-bond donors (Lipinski definition) is 2. The molecule has 0 atom stereocenters. The Bertz CT molecular complexity index is 993. The smallest absolute Gasteiger partial charge is 0.234 e. The van der Waals surface area contributed by atoms with Gasteiger partial charge >= 0.3 is 0 Å². The molecular formula is C20H19F2N3O3S. The first-order valence-corrected chi connectivity index (χ1v) is 9.64.